The van der Waals surface area contributed by atoms with Crippen molar-refractivity contribution in [2.24, 2.45) is 17.3 Å². The fourth-order valence-electron chi connectivity index (χ4n) is 7.38. The van der Waals surface area contributed by atoms with E-state index in [4.69, 9.17) is 9.47 Å². The zero-order chi connectivity index (χ0) is 26.4. The number of carbonyl (C=O) groups excluding carboxylic acids is 3. The van der Waals surface area contributed by atoms with Gasteiger partial charge in [0.2, 0.25) is 5.91 Å². The van der Waals surface area contributed by atoms with Gasteiger partial charge in [-0.25, -0.2) is 0 Å². The van der Waals surface area contributed by atoms with Gasteiger partial charge in [-0.05, 0) is 68.6 Å². The predicted octanol–water partition coefficient (Wildman–Crippen LogP) is 3.50. The molecule has 37 heavy (non-hydrogen) atoms. The molecule has 0 spiro atoms. The van der Waals surface area contributed by atoms with Crippen molar-refractivity contribution < 1.29 is 37.0 Å². The van der Waals surface area contributed by atoms with Crippen molar-refractivity contribution in [2.45, 2.75) is 57.2 Å². The van der Waals surface area contributed by atoms with E-state index < -0.39 is 41.2 Å². The summed E-state index contributed by atoms with van der Waals surface area (Å²) in [6.07, 6.45) is -0.0342. The second-order valence-corrected chi connectivity index (χ2v) is 11.2. The van der Waals surface area contributed by atoms with Crippen LogP contribution in [0.25, 0.3) is 0 Å². The molecule has 2 atom stereocenters. The van der Waals surface area contributed by atoms with Crippen LogP contribution in [0.4, 0.5) is 24.5 Å². The second kappa shape index (κ2) is 9.49. The van der Waals surface area contributed by atoms with Gasteiger partial charge < -0.3 is 25.0 Å². The Morgan fingerprint density at radius 1 is 1.11 bits per heavy atom. The highest BCUT2D eigenvalue weighted by Gasteiger charge is 2.61. The summed E-state index contributed by atoms with van der Waals surface area (Å²) in [5.74, 6) is -0.666. The summed E-state index contributed by atoms with van der Waals surface area (Å²) < 4.78 is 50.9. The van der Waals surface area contributed by atoms with Crippen molar-refractivity contribution in [1.29, 1.82) is 0 Å². The van der Waals surface area contributed by atoms with Gasteiger partial charge in [0, 0.05) is 25.6 Å². The average Bonchev–Trinajstić information content (AvgIpc) is 2.81. The van der Waals surface area contributed by atoms with E-state index in [1.807, 2.05) is 4.90 Å². The van der Waals surface area contributed by atoms with Crippen LogP contribution in [0.3, 0.4) is 0 Å². The molecule has 5 aliphatic rings. The number of nitrogens with zero attached hydrogens (tertiary/aromatic N) is 1. The molecule has 4 saturated carbocycles. The smallest absolute Gasteiger partial charge is 0.416 e. The highest BCUT2D eigenvalue weighted by atomic mass is 19.4. The molecule has 2 N–H and O–H groups in total. The largest absolute Gasteiger partial charge is 0.455 e. The van der Waals surface area contributed by atoms with Crippen molar-refractivity contribution in [2.75, 3.05) is 43.1 Å². The Morgan fingerprint density at radius 2 is 1.78 bits per heavy atom. The fourth-order valence-corrected chi connectivity index (χ4v) is 7.38. The highest BCUT2D eigenvalue weighted by Crippen LogP contribution is 2.62. The Balaban J connectivity index is 1.28. The van der Waals surface area contributed by atoms with Crippen molar-refractivity contribution in [3.63, 3.8) is 0 Å². The molecule has 1 heterocycles. The van der Waals surface area contributed by atoms with Crippen LogP contribution in [-0.2, 0) is 30.0 Å². The van der Waals surface area contributed by atoms with Crippen LogP contribution in [0.15, 0.2) is 18.2 Å². The molecule has 0 aromatic heterocycles. The van der Waals surface area contributed by atoms with Crippen molar-refractivity contribution in [3.8, 4) is 0 Å². The Bertz CT molecular complexity index is 1070. The van der Waals surface area contributed by atoms with Crippen molar-refractivity contribution >= 4 is 29.2 Å². The van der Waals surface area contributed by atoms with Crippen molar-refractivity contribution in [1.82, 2.24) is 5.32 Å². The molecule has 6 rings (SSSR count). The topological polar surface area (TPSA) is 97.0 Å². The molecular weight excluding hydrogens is 491 g/mol. The van der Waals surface area contributed by atoms with E-state index >= 15 is 0 Å². The zero-order valence-corrected chi connectivity index (χ0v) is 20.8. The number of esters is 1. The molecule has 1 aromatic rings. The summed E-state index contributed by atoms with van der Waals surface area (Å²) in [5, 5.41) is 5.62. The van der Waals surface area contributed by atoms with Crippen LogP contribution in [0.5, 0.6) is 0 Å². The number of anilines is 2. The standard InChI is InChI=1S/C26H32F3N3O5/c1-16(33)31-25-12-17-8-18(13-25)11-24(10-17,15-25)23(35)37-14-22(34)30-20-9-19(26(27,28)29)2-3-21(20)32-4-6-36-7-5-32/h2-3,9,17-18H,4-8,10-15H2,1H3,(H,30,34)(H,31,33)/t17-,18-,24?,25?/m0/s1. The number of hydrogen-bond acceptors (Lipinski definition) is 6. The number of amides is 2. The summed E-state index contributed by atoms with van der Waals surface area (Å²) in [5.41, 5.74) is -1.58. The Labute approximate surface area is 213 Å². The lowest BCUT2D eigenvalue weighted by atomic mass is 9.47. The number of nitrogens with one attached hydrogen (secondary N) is 2. The molecule has 11 heteroatoms. The van der Waals surface area contributed by atoms with E-state index in [0.717, 1.165) is 31.4 Å². The number of benzene rings is 1. The summed E-state index contributed by atoms with van der Waals surface area (Å²) in [7, 11) is 0. The van der Waals surface area contributed by atoms with E-state index in [-0.39, 0.29) is 11.6 Å². The zero-order valence-electron chi connectivity index (χ0n) is 20.8. The van der Waals surface area contributed by atoms with E-state index in [1.54, 1.807) is 0 Å². The van der Waals surface area contributed by atoms with E-state index in [9.17, 15) is 27.6 Å². The molecule has 1 aromatic carbocycles. The first-order valence-corrected chi connectivity index (χ1v) is 12.8. The molecule has 5 fully saturated rings. The van der Waals surface area contributed by atoms with Gasteiger partial charge in [0.05, 0.1) is 35.6 Å². The number of carbonyl (C=O) groups is 3. The van der Waals surface area contributed by atoms with Gasteiger partial charge in [0.25, 0.3) is 5.91 Å². The number of ether oxygens (including phenoxy) is 2. The number of alkyl halides is 3. The molecule has 2 amide bonds. The van der Waals surface area contributed by atoms with Crippen LogP contribution in [-0.4, -0.2) is 56.2 Å². The quantitative estimate of drug-likeness (QED) is 0.554. The molecule has 4 bridgehead atoms. The first-order chi connectivity index (χ1) is 17.5. The average molecular weight is 524 g/mol. The van der Waals surface area contributed by atoms with Gasteiger partial charge in [-0.3, -0.25) is 14.4 Å². The SMILES string of the molecule is CC(=O)NC12C[C@H]3C[C@H](C1)CC(C(=O)OCC(=O)Nc1cc(C(F)(F)F)ccc1N1CCOCC1)(C3)C2. The van der Waals surface area contributed by atoms with Crippen LogP contribution < -0.4 is 15.5 Å². The highest BCUT2D eigenvalue weighted by molar-refractivity contribution is 5.96. The van der Waals surface area contributed by atoms with Gasteiger partial charge >= 0.3 is 12.1 Å². The Kier molecular flexibility index (Phi) is 6.62. The first kappa shape index (κ1) is 25.8. The summed E-state index contributed by atoms with van der Waals surface area (Å²) >= 11 is 0. The molecule has 1 aliphatic heterocycles. The number of hydrogen-bond donors (Lipinski definition) is 2. The first-order valence-electron chi connectivity index (χ1n) is 12.8. The molecule has 0 unspecified atom stereocenters. The molecule has 1 saturated heterocycles. The van der Waals surface area contributed by atoms with Gasteiger partial charge in [-0.2, -0.15) is 13.2 Å². The number of halogens is 3. The van der Waals surface area contributed by atoms with E-state index in [1.165, 1.54) is 13.0 Å². The van der Waals surface area contributed by atoms with E-state index in [0.29, 0.717) is 63.1 Å². The molecule has 4 aliphatic carbocycles. The summed E-state index contributed by atoms with van der Waals surface area (Å²) in [6, 6.07) is 3.23. The molecular formula is C26H32F3N3O5. The molecule has 202 valence electrons. The monoisotopic (exact) mass is 523 g/mol. The maximum atomic E-state index is 13.4. The lowest BCUT2D eigenvalue weighted by molar-refractivity contribution is -0.176. The number of rotatable bonds is 6. The summed E-state index contributed by atoms with van der Waals surface area (Å²) in [4.78, 5) is 39.8. The van der Waals surface area contributed by atoms with Gasteiger partial charge in [-0.1, -0.05) is 0 Å². The lowest BCUT2D eigenvalue weighted by Crippen LogP contribution is -2.64. The normalized spacial score (nSPS) is 30.6. The third kappa shape index (κ3) is 5.28. The third-order valence-electron chi connectivity index (χ3n) is 8.22. The minimum atomic E-state index is -4.57. The van der Waals surface area contributed by atoms with Gasteiger partial charge in [-0.15, -0.1) is 0 Å². The Hall–Kier alpha value is -2.82. The number of morpholine rings is 1. The minimum Gasteiger partial charge on any atom is -0.455 e. The predicted molar refractivity (Wildman–Crippen MR) is 128 cm³/mol. The van der Waals surface area contributed by atoms with Crippen LogP contribution in [0.2, 0.25) is 0 Å². The minimum absolute atomic E-state index is 0.0113. The van der Waals surface area contributed by atoms with Crippen molar-refractivity contribution in [3.05, 3.63) is 23.8 Å². The lowest BCUT2D eigenvalue weighted by Gasteiger charge is -2.60. The molecule has 0 radical (unpaired) electrons. The third-order valence-corrected chi connectivity index (χ3v) is 8.22. The van der Waals surface area contributed by atoms with Crippen LogP contribution >= 0.6 is 0 Å². The van der Waals surface area contributed by atoms with E-state index in [2.05, 4.69) is 10.6 Å². The second-order valence-electron chi connectivity index (χ2n) is 11.2. The maximum Gasteiger partial charge on any atom is 0.416 e. The van der Waals surface area contributed by atoms with Gasteiger partial charge in [0.1, 0.15) is 0 Å². The van der Waals surface area contributed by atoms with Gasteiger partial charge in [0.15, 0.2) is 6.61 Å². The molecule has 8 nitrogen and oxygen atoms in total. The maximum absolute atomic E-state index is 13.4. The Morgan fingerprint density at radius 3 is 2.41 bits per heavy atom. The van der Waals surface area contributed by atoms with Crippen LogP contribution in [0, 0.1) is 17.3 Å². The fraction of sp³-hybridized carbons (Fsp3) is 0.654. The van der Waals surface area contributed by atoms with Crippen LogP contribution in [0.1, 0.15) is 51.0 Å². The summed E-state index contributed by atoms with van der Waals surface area (Å²) in [6.45, 7) is 2.69.